The molecule has 0 saturated carbocycles. The van der Waals surface area contributed by atoms with E-state index in [0.717, 1.165) is 15.8 Å². The molecule has 0 saturated heterocycles. The second kappa shape index (κ2) is 6.06. The highest BCUT2D eigenvalue weighted by Crippen LogP contribution is 2.29. The minimum Gasteiger partial charge on any atom is -0.506 e. The summed E-state index contributed by atoms with van der Waals surface area (Å²) in [6.45, 7) is 0. The van der Waals surface area contributed by atoms with Gasteiger partial charge in [0, 0.05) is 16.2 Å². The van der Waals surface area contributed by atoms with E-state index in [9.17, 15) is 14.7 Å². The number of hydrogen-bond acceptors (Lipinski definition) is 5. The lowest BCUT2D eigenvalue weighted by molar-refractivity contribution is 0.0606. The maximum atomic E-state index is 12.0. The minimum absolute atomic E-state index is 0.0633. The van der Waals surface area contributed by atoms with Gasteiger partial charge in [-0.2, -0.15) is 0 Å². The van der Waals surface area contributed by atoms with Gasteiger partial charge in [0.15, 0.2) is 0 Å². The second-order valence-electron chi connectivity index (χ2n) is 3.78. The molecule has 1 aromatic heterocycles. The molecule has 2 N–H and O–H groups in total. The number of esters is 1. The van der Waals surface area contributed by atoms with Gasteiger partial charge in [-0.1, -0.05) is 15.9 Å². The normalized spacial score (nSPS) is 10.1. The molecule has 7 heteroatoms. The summed E-state index contributed by atoms with van der Waals surface area (Å²) in [6.07, 6.45) is 0. The van der Waals surface area contributed by atoms with Gasteiger partial charge in [0.2, 0.25) is 0 Å². The Labute approximate surface area is 127 Å². The van der Waals surface area contributed by atoms with E-state index in [4.69, 9.17) is 0 Å². The molecule has 0 spiro atoms. The van der Waals surface area contributed by atoms with Gasteiger partial charge < -0.3 is 15.2 Å². The van der Waals surface area contributed by atoms with Crippen LogP contribution in [-0.4, -0.2) is 24.1 Å². The monoisotopic (exact) mass is 355 g/mol. The number of halogens is 1. The number of carbonyl (C=O) groups is 2. The molecule has 0 fully saturated rings. The molecular formula is C13H10BrNO4S. The molecule has 0 atom stereocenters. The highest BCUT2D eigenvalue weighted by Gasteiger charge is 2.19. The Morgan fingerprint density at radius 3 is 2.55 bits per heavy atom. The number of hydrogen-bond donors (Lipinski definition) is 2. The number of methoxy groups -OCH3 is 1. The maximum absolute atomic E-state index is 12.0. The van der Waals surface area contributed by atoms with Crippen LogP contribution in [0.25, 0.3) is 0 Å². The van der Waals surface area contributed by atoms with Gasteiger partial charge >= 0.3 is 5.97 Å². The van der Waals surface area contributed by atoms with E-state index >= 15 is 0 Å². The lowest BCUT2D eigenvalue weighted by Crippen LogP contribution is -2.10. The van der Waals surface area contributed by atoms with E-state index in [1.54, 1.807) is 24.3 Å². The van der Waals surface area contributed by atoms with Gasteiger partial charge in [-0.15, -0.1) is 11.3 Å². The van der Waals surface area contributed by atoms with Crippen molar-refractivity contribution in [3.8, 4) is 5.75 Å². The summed E-state index contributed by atoms with van der Waals surface area (Å²) in [5.74, 6) is -1.32. The van der Waals surface area contributed by atoms with Crippen LogP contribution in [0.15, 0.2) is 34.8 Å². The molecule has 0 unspecified atom stereocenters. The first-order chi connectivity index (χ1) is 9.51. The Morgan fingerprint density at radius 2 is 1.95 bits per heavy atom. The van der Waals surface area contributed by atoms with Crippen LogP contribution in [0.5, 0.6) is 5.75 Å². The molecule has 2 aromatic rings. The Hall–Kier alpha value is -1.86. The van der Waals surface area contributed by atoms with E-state index in [2.05, 4.69) is 26.0 Å². The largest absolute Gasteiger partial charge is 0.506 e. The predicted octanol–water partition coefficient (Wildman–Crippen LogP) is 3.26. The van der Waals surface area contributed by atoms with E-state index in [1.807, 2.05) is 0 Å². The Kier molecular flexibility index (Phi) is 4.41. The van der Waals surface area contributed by atoms with E-state index in [0.29, 0.717) is 5.69 Å². The standard InChI is InChI=1S/C13H10BrNO4S/c1-19-13(18)10-6-9(16)11(20-10)12(17)15-8-4-2-7(14)3-5-8/h2-6,16H,1H3,(H,15,17). The molecule has 1 amide bonds. The summed E-state index contributed by atoms with van der Waals surface area (Å²) in [7, 11) is 1.24. The number of carbonyl (C=O) groups excluding carboxylic acids is 2. The molecule has 0 radical (unpaired) electrons. The third-order valence-electron chi connectivity index (χ3n) is 2.41. The molecule has 1 heterocycles. The lowest BCUT2D eigenvalue weighted by atomic mass is 10.3. The number of aromatic hydroxyl groups is 1. The van der Waals surface area contributed by atoms with Crippen molar-refractivity contribution in [1.82, 2.24) is 0 Å². The van der Waals surface area contributed by atoms with Crippen molar-refractivity contribution in [3.63, 3.8) is 0 Å². The smallest absolute Gasteiger partial charge is 0.348 e. The fourth-order valence-corrected chi connectivity index (χ4v) is 2.60. The molecule has 20 heavy (non-hydrogen) atoms. The van der Waals surface area contributed by atoms with Crippen molar-refractivity contribution < 1.29 is 19.4 Å². The van der Waals surface area contributed by atoms with Crippen molar-refractivity contribution >= 4 is 44.8 Å². The number of rotatable bonds is 3. The summed E-state index contributed by atoms with van der Waals surface area (Å²) in [4.78, 5) is 23.6. The van der Waals surface area contributed by atoms with Gasteiger partial charge in [-0.05, 0) is 24.3 Å². The van der Waals surface area contributed by atoms with Crippen LogP contribution in [0.4, 0.5) is 5.69 Å². The van der Waals surface area contributed by atoms with Crippen LogP contribution in [0, 0.1) is 0 Å². The average molecular weight is 356 g/mol. The van der Waals surface area contributed by atoms with Crippen molar-refractivity contribution in [1.29, 1.82) is 0 Å². The summed E-state index contributed by atoms with van der Waals surface area (Å²) < 4.78 is 5.43. The van der Waals surface area contributed by atoms with Crippen molar-refractivity contribution in [3.05, 3.63) is 44.6 Å². The predicted molar refractivity (Wildman–Crippen MR) is 79.4 cm³/mol. The van der Waals surface area contributed by atoms with Crippen LogP contribution >= 0.6 is 27.3 Å². The SMILES string of the molecule is COC(=O)c1cc(O)c(C(=O)Nc2ccc(Br)cc2)s1. The van der Waals surface area contributed by atoms with E-state index < -0.39 is 11.9 Å². The van der Waals surface area contributed by atoms with Crippen molar-refractivity contribution in [2.75, 3.05) is 12.4 Å². The summed E-state index contributed by atoms with van der Waals surface area (Å²) in [6, 6.07) is 8.21. The third-order valence-corrected chi connectivity index (χ3v) is 4.04. The quantitative estimate of drug-likeness (QED) is 0.828. The van der Waals surface area contributed by atoms with Crippen LogP contribution in [0.2, 0.25) is 0 Å². The van der Waals surface area contributed by atoms with Gasteiger partial charge in [0.1, 0.15) is 15.5 Å². The summed E-state index contributed by atoms with van der Waals surface area (Å²) in [5, 5.41) is 12.3. The van der Waals surface area contributed by atoms with Crippen molar-refractivity contribution in [2.45, 2.75) is 0 Å². The third kappa shape index (κ3) is 3.17. The molecule has 1 aromatic carbocycles. The molecule has 104 valence electrons. The summed E-state index contributed by atoms with van der Waals surface area (Å²) >= 11 is 4.17. The summed E-state index contributed by atoms with van der Waals surface area (Å²) in [5.41, 5.74) is 0.589. The van der Waals surface area contributed by atoms with Crippen LogP contribution < -0.4 is 5.32 Å². The molecule has 0 aliphatic heterocycles. The molecule has 0 bridgehead atoms. The van der Waals surface area contributed by atoms with Crippen molar-refractivity contribution in [2.24, 2.45) is 0 Å². The molecular weight excluding hydrogens is 346 g/mol. The fourth-order valence-electron chi connectivity index (χ4n) is 1.47. The number of anilines is 1. The molecule has 0 aliphatic rings. The highest BCUT2D eigenvalue weighted by molar-refractivity contribution is 9.10. The fraction of sp³-hybridized carbons (Fsp3) is 0.0769. The van der Waals surface area contributed by atoms with E-state index in [1.165, 1.54) is 13.2 Å². The topological polar surface area (TPSA) is 75.6 Å². The highest BCUT2D eigenvalue weighted by atomic mass is 79.9. The first kappa shape index (κ1) is 14.5. The first-order valence-corrected chi connectivity index (χ1v) is 7.10. The zero-order valence-electron chi connectivity index (χ0n) is 10.3. The first-order valence-electron chi connectivity index (χ1n) is 5.49. The number of benzene rings is 1. The van der Waals surface area contributed by atoms with Gasteiger partial charge in [-0.3, -0.25) is 4.79 Å². The van der Waals surface area contributed by atoms with Crippen LogP contribution in [0.3, 0.4) is 0 Å². The lowest BCUT2D eigenvalue weighted by Gasteiger charge is -2.03. The number of ether oxygens (including phenoxy) is 1. The van der Waals surface area contributed by atoms with Gasteiger partial charge in [0.25, 0.3) is 5.91 Å². The minimum atomic E-state index is -0.590. The zero-order chi connectivity index (χ0) is 14.7. The Morgan fingerprint density at radius 1 is 1.30 bits per heavy atom. The number of thiophene rings is 1. The second-order valence-corrected chi connectivity index (χ2v) is 5.75. The van der Waals surface area contributed by atoms with E-state index in [-0.39, 0.29) is 15.5 Å². The average Bonchev–Trinajstić information content (AvgIpc) is 2.82. The van der Waals surface area contributed by atoms with Crippen LogP contribution in [0.1, 0.15) is 19.3 Å². The maximum Gasteiger partial charge on any atom is 0.348 e. The van der Waals surface area contributed by atoms with Gasteiger partial charge in [-0.25, -0.2) is 4.79 Å². The number of amides is 1. The Balaban J connectivity index is 2.19. The Bertz CT molecular complexity index is 651. The van der Waals surface area contributed by atoms with Crippen LogP contribution in [-0.2, 0) is 4.74 Å². The molecule has 5 nitrogen and oxygen atoms in total. The molecule has 2 rings (SSSR count). The van der Waals surface area contributed by atoms with Gasteiger partial charge in [0.05, 0.1) is 7.11 Å². The zero-order valence-corrected chi connectivity index (χ0v) is 12.7. The molecule has 0 aliphatic carbocycles. The number of nitrogens with one attached hydrogen (secondary N) is 1.